The Morgan fingerprint density at radius 3 is 2.45 bits per heavy atom. The van der Waals surface area contributed by atoms with Gasteiger partial charge in [-0.1, -0.05) is 12.8 Å². The van der Waals surface area contributed by atoms with Crippen molar-refractivity contribution in [3.05, 3.63) is 0 Å². The van der Waals surface area contributed by atoms with Crippen molar-refractivity contribution in [3.63, 3.8) is 0 Å². The largest absolute Gasteiger partial charge is 0.480 e. The second-order valence-electron chi connectivity index (χ2n) is 5.57. The standard InChI is InChI=1S/C13H24N4O3/c18-11(19)13(3-1-2-4-13)16-12(20)15-7-10-17-8-5-14-6-9-17/h14H,1-10H2,(H,18,19)(H2,15,16,20). The molecule has 2 fully saturated rings. The fourth-order valence-corrected chi connectivity index (χ4v) is 2.89. The van der Waals surface area contributed by atoms with Crippen molar-refractivity contribution in [3.8, 4) is 0 Å². The molecule has 114 valence electrons. The van der Waals surface area contributed by atoms with E-state index in [1.54, 1.807) is 0 Å². The Kier molecular flexibility index (Phi) is 5.19. The summed E-state index contributed by atoms with van der Waals surface area (Å²) in [6.45, 7) is 5.28. The molecule has 2 rings (SSSR count). The molecule has 0 aromatic rings. The highest BCUT2D eigenvalue weighted by molar-refractivity contribution is 5.86. The minimum absolute atomic E-state index is 0.371. The van der Waals surface area contributed by atoms with Crippen LogP contribution in [0.15, 0.2) is 0 Å². The predicted octanol–water partition coefficient (Wildman–Crippen LogP) is -0.412. The first kappa shape index (κ1) is 15.1. The summed E-state index contributed by atoms with van der Waals surface area (Å²) in [6.07, 6.45) is 2.75. The van der Waals surface area contributed by atoms with Crippen LogP contribution in [0.3, 0.4) is 0 Å². The van der Waals surface area contributed by atoms with E-state index in [0.717, 1.165) is 45.6 Å². The van der Waals surface area contributed by atoms with E-state index in [1.165, 1.54) is 0 Å². The topological polar surface area (TPSA) is 93.7 Å². The third kappa shape index (κ3) is 3.83. The van der Waals surface area contributed by atoms with E-state index in [4.69, 9.17) is 0 Å². The monoisotopic (exact) mass is 284 g/mol. The Morgan fingerprint density at radius 2 is 1.85 bits per heavy atom. The molecule has 1 heterocycles. The van der Waals surface area contributed by atoms with Crippen molar-refractivity contribution in [1.29, 1.82) is 0 Å². The van der Waals surface area contributed by atoms with E-state index in [-0.39, 0.29) is 6.03 Å². The highest BCUT2D eigenvalue weighted by Crippen LogP contribution is 2.29. The Labute approximate surface area is 119 Å². The zero-order valence-corrected chi connectivity index (χ0v) is 11.8. The Bertz CT molecular complexity index is 350. The number of rotatable bonds is 5. The first-order valence-corrected chi connectivity index (χ1v) is 7.35. The van der Waals surface area contributed by atoms with Crippen LogP contribution < -0.4 is 16.0 Å². The third-order valence-corrected chi connectivity index (χ3v) is 4.14. The number of urea groups is 1. The fourth-order valence-electron chi connectivity index (χ4n) is 2.89. The van der Waals surface area contributed by atoms with Crippen molar-refractivity contribution >= 4 is 12.0 Å². The number of amides is 2. The molecule has 0 aromatic carbocycles. The van der Waals surface area contributed by atoms with Gasteiger partial charge in [0.1, 0.15) is 5.54 Å². The molecule has 2 aliphatic rings. The minimum Gasteiger partial charge on any atom is -0.480 e. The third-order valence-electron chi connectivity index (χ3n) is 4.14. The van der Waals surface area contributed by atoms with E-state index in [2.05, 4.69) is 20.9 Å². The second-order valence-corrected chi connectivity index (χ2v) is 5.57. The van der Waals surface area contributed by atoms with Crippen LogP contribution >= 0.6 is 0 Å². The van der Waals surface area contributed by atoms with E-state index >= 15 is 0 Å². The first-order chi connectivity index (χ1) is 9.62. The molecule has 20 heavy (non-hydrogen) atoms. The Balaban J connectivity index is 1.70. The van der Waals surface area contributed by atoms with E-state index in [1.807, 2.05) is 0 Å². The van der Waals surface area contributed by atoms with Crippen LogP contribution in [0.5, 0.6) is 0 Å². The van der Waals surface area contributed by atoms with Crippen molar-refractivity contribution in [2.24, 2.45) is 0 Å². The quantitative estimate of drug-likeness (QED) is 0.550. The number of carboxylic acids is 1. The van der Waals surface area contributed by atoms with Gasteiger partial charge >= 0.3 is 12.0 Å². The van der Waals surface area contributed by atoms with Crippen LogP contribution in [0.25, 0.3) is 0 Å². The minimum atomic E-state index is -1.06. The summed E-state index contributed by atoms with van der Waals surface area (Å²) in [5.74, 6) is -0.924. The fraction of sp³-hybridized carbons (Fsp3) is 0.846. The molecular formula is C13H24N4O3. The summed E-state index contributed by atoms with van der Waals surface area (Å²) in [4.78, 5) is 25.4. The summed E-state index contributed by atoms with van der Waals surface area (Å²) < 4.78 is 0. The zero-order valence-electron chi connectivity index (χ0n) is 11.8. The van der Waals surface area contributed by atoms with Crippen LogP contribution in [-0.4, -0.2) is 66.8 Å². The maximum absolute atomic E-state index is 11.8. The lowest BCUT2D eigenvalue weighted by Gasteiger charge is -2.28. The van der Waals surface area contributed by atoms with Crippen LogP contribution in [0.1, 0.15) is 25.7 Å². The molecule has 1 aliphatic carbocycles. The van der Waals surface area contributed by atoms with Crippen LogP contribution in [0, 0.1) is 0 Å². The lowest BCUT2D eigenvalue weighted by Crippen LogP contribution is -2.56. The molecule has 4 N–H and O–H groups in total. The van der Waals surface area contributed by atoms with Crippen LogP contribution in [-0.2, 0) is 4.79 Å². The number of piperazine rings is 1. The van der Waals surface area contributed by atoms with Gasteiger partial charge in [-0.2, -0.15) is 0 Å². The molecule has 0 radical (unpaired) electrons. The molecule has 0 spiro atoms. The number of hydrogen-bond acceptors (Lipinski definition) is 4. The lowest BCUT2D eigenvalue weighted by atomic mass is 9.98. The molecule has 1 saturated heterocycles. The number of nitrogens with one attached hydrogen (secondary N) is 3. The van der Waals surface area contributed by atoms with Gasteiger partial charge in [0.15, 0.2) is 0 Å². The molecule has 1 aliphatic heterocycles. The van der Waals surface area contributed by atoms with Crippen molar-refractivity contribution in [1.82, 2.24) is 20.9 Å². The summed E-state index contributed by atoms with van der Waals surface area (Å²) in [5.41, 5.74) is -1.06. The number of carbonyl (C=O) groups excluding carboxylic acids is 1. The number of nitrogens with zero attached hydrogens (tertiary/aromatic N) is 1. The van der Waals surface area contributed by atoms with Gasteiger partial charge in [-0.05, 0) is 12.8 Å². The van der Waals surface area contributed by atoms with Crippen LogP contribution in [0.4, 0.5) is 4.79 Å². The molecule has 2 amide bonds. The van der Waals surface area contributed by atoms with Gasteiger partial charge in [-0.3, -0.25) is 4.90 Å². The first-order valence-electron chi connectivity index (χ1n) is 7.35. The van der Waals surface area contributed by atoms with Gasteiger partial charge < -0.3 is 21.1 Å². The Morgan fingerprint density at radius 1 is 1.20 bits per heavy atom. The van der Waals surface area contributed by atoms with Gasteiger partial charge in [-0.15, -0.1) is 0 Å². The SMILES string of the molecule is O=C(NCCN1CCNCC1)NC1(C(=O)O)CCCC1. The van der Waals surface area contributed by atoms with Gasteiger partial charge in [0.2, 0.25) is 0 Å². The zero-order chi connectivity index (χ0) is 14.4. The maximum Gasteiger partial charge on any atom is 0.329 e. The maximum atomic E-state index is 11.8. The average Bonchev–Trinajstić information content (AvgIpc) is 2.90. The highest BCUT2D eigenvalue weighted by Gasteiger charge is 2.42. The summed E-state index contributed by atoms with van der Waals surface area (Å²) in [6, 6.07) is -0.371. The second kappa shape index (κ2) is 6.90. The summed E-state index contributed by atoms with van der Waals surface area (Å²) in [7, 11) is 0. The number of carbonyl (C=O) groups is 2. The van der Waals surface area contributed by atoms with Gasteiger partial charge in [0.25, 0.3) is 0 Å². The smallest absolute Gasteiger partial charge is 0.329 e. The highest BCUT2D eigenvalue weighted by atomic mass is 16.4. The molecule has 0 aromatic heterocycles. The molecule has 0 unspecified atom stereocenters. The summed E-state index contributed by atoms with van der Waals surface area (Å²) in [5, 5.41) is 18.0. The van der Waals surface area contributed by atoms with E-state index in [9.17, 15) is 14.7 Å². The summed E-state index contributed by atoms with van der Waals surface area (Å²) >= 11 is 0. The molecule has 7 heteroatoms. The molecule has 1 saturated carbocycles. The van der Waals surface area contributed by atoms with Gasteiger partial charge in [-0.25, -0.2) is 9.59 Å². The van der Waals surface area contributed by atoms with E-state index in [0.29, 0.717) is 19.4 Å². The molecule has 7 nitrogen and oxygen atoms in total. The van der Waals surface area contributed by atoms with Crippen molar-refractivity contribution in [2.75, 3.05) is 39.3 Å². The number of aliphatic carboxylic acids is 1. The predicted molar refractivity (Wildman–Crippen MR) is 74.7 cm³/mol. The molecular weight excluding hydrogens is 260 g/mol. The lowest BCUT2D eigenvalue weighted by molar-refractivity contribution is -0.144. The molecule has 0 atom stereocenters. The Hall–Kier alpha value is -1.34. The number of carboxylic acid groups (broad SMARTS) is 1. The van der Waals surface area contributed by atoms with Gasteiger partial charge in [0, 0.05) is 39.3 Å². The number of hydrogen-bond donors (Lipinski definition) is 4. The van der Waals surface area contributed by atoms with Crippen molar-refractivity contribution < 1.29 is 14.7 Å². The molecule has 0 bridgehead atoms. The van der Waals surface area contributed by atoms with Crippen LogP contribution in [0.2, 0.25) is 0 Å². The van der Waals surface area contributed by atoms with Crippen molar-refractivity contribution in [2.45, 2.75) is 31.2 Å². The van der Waals surface area contributed by atoms with E-state index < -0.39 is 11.5 Å². The average molecular weight is 284 g/mol. The van der Waals surface area contributed by atoms with Gasteiger partial charge in [0.05, 0.1) is 0 Å². The normalized spacial score (nSPS) is 22.4.